The second-order valence-corrected chi connectivity index (χ2v) is 9.62. The molecule has 10 heteroatoms. The zero-order valence-electron chi connectivity index (χ0n) is 21.6. The van der Waals surface area contributed by atoms with E-state index < -0.39 is 52.2 Å². The number of rotatable bonds is 6. The van der Waals surface area contributed by atoms with E-state index in [2.05, 4.69) is 15.3 Å². The van der Waals surface area contributed by atoms with Crippen molar-refractivity contribution >= 4 is 11.8 Å². The molecule has 1 N–H and O–H groups in total. The van der Waals surface area contributed by atoms with Crippen LogP contribution in [0.15, 0.2) is 36.7 Å². The standard InChI is InChI=1S/C28H29F3N4O3/c1-15(2)33-27(36)26-20(16-8-7-12-32-14-16)22(19-9-5-6-13-38-19)24(31)25(34-26)21-18(29)11-10-17(23(21)30)28(37)35(3)4/h7-8,10-12,14-15,19H,5-6,9,13H2,1-4H3,(H,33,36). The molecular weight excluding hydrogens is 497 g/mol. The first-order chi connectivity index (χ1) is 18.1. The molecule has 0 aliphatic carbocycles. The summed E-state index contributed by atoms with van der Waals surface area (Å²) in [5, 5.41) is 2.74. The molecular formula is C28H29F3N4O3. The van der Waals surface area contributed by atoms with Gasteiger partial charge in [-0.2, -0.15) is 0 Å². The highest BCUT2D eigenvalue weighted by Crippen LogP contribution is 2.42. The number of benzene rings is 1. The SMILES string of the molecule is CC(C)NC(=O)c1nc(-c2c(F)ccc(C(=O)N(C)C)c2F)c(F)c(C2CCCCO2)c1-c1cccnc1. The minimum atomic E-state index is -1.27. The third kappa shape index (κ3) is 5.26. The van der Waals surface area contributed by atoms with Crippen molar-refractivity contribution in [1.29, 1.82) is 0 Å². The molecule has 1 saturated heterocycles. The van der Waals surface area contributed by atoms with Crippen molar-refractivity contribution in [2.75, 3.05) is 20.7 Å². The second kappa shape index (κ2) is 11.3. The summed E-state index contributed by atoms with van der Waals surface area (Å²) in [6.45, 7) is 3.84. The van der Waals surface area contributed by atoms with E-state index in [-0.39, 0.29) is 22.9 Å². The Morgan fingerprint density at radius 2 is 1.84 bits per heavy atom. The van der Waals surface area contributed by atoms with E-state index >= 15 is 13.2 Å². The molecule has 7 nitrogen and oxygen atoms in total. The van der Waals surface area contributed by atoms with Crippen LogP contribution in [0, 0.1) is 17.5 Å². The molecule has 4 rings (SSSR count). The van der Waals surface area contributed by atoms with Crippen LogP contribution >= 0.6 is 0 Å². The lowest BCUT2D eigenvalue weighted by Crippen LogP contribution is -2.32. The van der Waals surface area contributed by atoms with Crippen molar-refractivity contribution in [3.05, 3.63) is 70.9 Å². The molecule has 1 aliphatic heterocycles. The Morgan fingerprint density at radius 3 is 2.45 bits per heavy atom. The van der Waals surface area contributed by atoms with Crippen molar-refractivity contribution in [2.24, 2.45) is 0 Å². The topological polar surface area (TPSA) is 84.4 Å². The van der Waals surface area contributed by atoms with E-state index in [1.54, 1.807) is 26.0 Å². The number of hydrogen-bond donors (Lipinski definition) is 1. The van der Waals surface area contributed by atoms with Crippen LogP contribution in [0.3, 0.4) is 0 Å². The van der Waals surface area contributed by atoms with Crippen molar-refractivity contribution < 1.29 is 27.5 Å². The van der Waals surface area contributed by atoms with Gasteiger partial charge in [-0.1, -0.05) is 6.07 Å². The van der Waals surface area contributed by atoms with Gasteiger partial charge in [0.05, 0.1) is 17.2 Å². The molecule has 3 heterocycles. The van der Waals surface area contributed by atoms with E-state index in [0.29, 0.717) is 18.6 Å². The van der Waals surface area contributed by atoms with Gasteiger partial charge in [-0.3, -0.25) is 14.6 Å². The van der Waals surface area contributed by atoms with Crippen LogP contribution in [0.1, 0.15) is 65.6 Å². The average Bonchev–Trinajstić information content (AvgIpc) is 2.89. The average molecular weight is 527 g/mol. The zero-order chi connectivity index (χ0) is 27.6. The van der Waals surface area contributed by atoms with E-state index in [9.17, 15) is 9.59 Å². The lowest BCUT2D eigenvalue weighted by Gasteiger charge is -2.27. The highest BCUT2D eigenvalue weighted by molar-refractivity contribution is 6.01. The molecule has 0 saturated carbocycles. The maximum atomic E-state index is 16.5. The van der Waals surface area contributed by atoms with E-state index in [4.69, 9.17) is 4.74 Å². The van der Waals surface area contributed by atoms with Crippen LogP contribution in [0.25, 0.3) is 22.4 Å². The Kier molecular flexibility index (Phi) is 8.11. The predicted octanol–water partition coefficient (Wildman–Crippen LogP) is 5.31. The maximum Gasteiger partial charge on any atom is 0.270 e. The monoisotopic (exact) mass is 526 g/mol. The lowest BCUT2D eigenvalue weighted by molar-refractivity contribution is 0.0132. The number of aromatic nitrogens is 2. The summed E-state index contributed by atoms with van der Waals surface area (Å²) in [6.07, 6.45) is 4.15. The van der Waals surface area contributed by atoms with Crippen molar-refractivity contribution in [3.63, 3.8) is 0 Å². The number of amides is 2. The highest BCUT2D eigenvalue weighted by Gasteiger charge is 2.34. The molecule has 3 aromatic rings. The molecule has 2 amide bonds. The number of ether oxygens (including phenoxy) is 1. The first-order valence-corrected chi connectivity index (χ1v) is 12.4. The maximum absolute atomic E-state index is 16.5. The van der Waals surface area contributed by atoms with Gasteiger partial charge in [-0.15, -0.1) is 0 Å². The fraction of sp³-hybridized carbons (Fsp3) is 0.357. The largest absolute Gasteiger partial charge is 0.373 e. The first-order valence-electron chi connectivity index (χ1n) is 12.4. The molecule has 1 unspecified atom stereocenters. The van der Waals surface area contributed by atoms with Gasteiger partial charge < -0.3 is 15.0 Å². The van der Waals surface area contributed by atoms with Crippen LogP contribution in [-0.2, 0) is 4.74 Å². The molecule has 1 fully saturated rings. The van der Waals surface area contributed by atoms with E-state index in [1.807, 2.05) is 0 Å². The number of carbonyl (C=O) groups excluding carboxylic acids is 2. The van der Waals surface area contributed by atoms with Crippen LogP contribution < -0.4 is 5.32 Å². The van der Waals surface area contributed by atoms with Gasteiger partial charge >= 0.3 is 0 Å². The normalized spacial score (nSPS) is 15.4. The summed E-state index contributed by atoms with van der Waals surface area (Å²) >= 11 is 0. The van der Waals surface area contributed by atoms with E-state index in [1.165, 1.54) is 26.5 Å². The Morgan fingerprint density at radius 1 is 1.08 bits per heavy atom. The van der Waals surface area contributed by atoms with Crippen LogP contribution in [0.2, 0.25) is 0 Å². The number of carbonyl (C=O) groups is 2. The van der Waals surface area contributed by atoms with Crippen LogP contribution in [0.4, 0.5) is 13.2 Å². The fourth-order valence-electron chi connectivity index (χ4n) is 4.49. The Bertz CT molecular complexity index is 1360. The van der Waals surface area contributed by atoms with Crippen molar-refractivity contribution in [1.82, 2.24) is 20.2 Å². The lowest BCUT2D eigenvalue weighted by atomic mass is 9.89. The van der Waals surface area contributed by atoms with Crippen molar-refractivity contribution in [3.8, 4) is 22.4 Å². The molecule has 2 aromatic heterocycles. The molecule has 1 atom stereocenters. The molecule has 200 valence electrons. The number of hydrogen-bond acceptors (Lipinski definition) is 5. The summed E-state index contributed by atoms with van der Waals surface area (Å²) in [5.41, 5.74) is -1.70. The molecule has 0 spiro atoms. The van der Waals surface area contributed by atoms with Gasteiger partial charge in [0.1, 0.15) is 23.0 Å². The molecule has 0 radical (unpaired) electrons. The smallest absolute Gasteiger partial charge is 0.270 e. The predicted molar refractivity (Wildman–Crippen MR) is 136 cm³/mol. The number of nitrogens with zero attached hydrogens (tertiary/aromatic N) is 3. The Labute approximate surface area is 219 Å². The summed E-state index contributed by atoms with van der Waals surface area (Å²) in [5.74, 6) is -4.80. The van der Waals surface area contributed by atoms with Crippen LogP contribution in [-0.4, -0.2) is 53.4 Å². The van der Waals surface area contributed by atoms with Gasteiger partial charge in [0.25, 0.3) is 11.8 Å². The Hall–Kier alpha value is -3.79. The van der Waals surface area contributed by atoms with Gasteiger partial charge in [0.15, 0.2) is 5.82 Å². The minimum Gasteiger partial charge on any atom is -0.373 e. The van der Waals surface area contributed by atoms with Crippen LogP contribution in [0.5, 0.6) is 0 Å². The fourth-order valence-corrected chi connectivity index (χ4v) is 4.49. The van der Waals surface area contributed by atoms with Crippen molar-refractivity contribution in [2.45, 2.75) is 45.3 Å². The molecule has 1 aliphatic rings. The Balaban J connectivity index is 2.09. The van der Waals surface area contributed by atoms with E-state index in [0.717, 1.165) is 29.9 Å². The highest BCUT2D eigenvalue weighted by atomic mass is 19.1. The number of nitrogens with one attached hydrogen (secondary N) is 1. The minimum absolute atomic E-state index is 0.0280. The zero-order valence-corrected chi connectivity index (χ0v) is 21.6. The summed E-state index contributed by atoms with van der Waals surface area (Å²) in [6, 6.07) is 4.86. The summed E-state index contributed by atoms with van der Waals surface area (Å²) in [7, 11) is 2.83. The third-order valence-electron chi connectivity index (χ3n) is 6.23. The second-order valence-electron chi connectivity index (χ2n) is 9.62. The number of halogens is 3. The molecule has 0 bridgehead atoms. The number of pyridine rings is 2. The third-order valence-corrected chi connectivity index (χ3v) is 6.23. The summed E-state index contributed by atoms with van der Waals surface area (Å²) < 4.78 is 53.3. The first kappa shape index (κ1) is 27.3. The van der Waals surface area contributed by atoms with Gasteiger partial charge in [-0.05, 0) is 51.3 Å². The van der Waals surface area contributed by atoms with Gasteiger partial charge in [-0.25, -0.2) is 18.2 Å². The summed E-state index contributed by atoms with van der Waals surface area (Å²) in [4.78, 5) is 35.4. The van der Waals surface area contributed by atoms with Gasteiger partial charge in [0, 0.05) is 55.8 Å². The van der Waals surface area contributed by atoms with Gasteiger partial charge in [0.2, 0.25) is 0 Å². The molecule has 1 aromatic carbocycles. The quantitative estimate of drug-likeness (QED) is 0.471. The molecule has 38 heavy (non-hydrogen) atoms.